The molecule has 3 heteroatoms. The molecule has 1 atom stereocenters. The number of rotatable bonds is 2. The van der Waals surface area contributed by atoms with E-state index in [9.17, 15) is 5.11 Å². The van der Waals surface area contributed by atoms with E-state index >= 15 is 0 Å². The molecule has 1 aliphatic heterocycles. The highest BCUT2D eigenvalue weighted by molar-refractivity contribution is 9.10. The van der Waals surface area contributed by atoms with E-state index in [1.807, 2.05) is 0 Å². The first-order valence-electron chi connectivity index (χ1n) is 7.22. The van der Waals surface area contributed by atoms with Crippen molar-refractivity contribution in [2.24, 2.45) is 5.92 Å². The molecule has 1 unspecified atom stereocenters. The smallest absolute Gasteiger partial charge is 0.0693 e. The Bertz CT molecular complexity index is 454. The lowest BCUT2D eigenvalue weighted by Crippen LogP contribution is -2.38. The highest BCUT2D eigenvalue weighted by Crippen LogP contribution is 2.36. The fourth-order valence-corrected chi connectivity index (χ4v) is 3.88. The molecule has 1 aromatic carbocycles. The lowest BCUT2D eigenvalue weighted by atomic mass is 9.74. The molecule has 19 heavy (non-hydrogen) atoms. The molecule has 104 valence electrons. The van der Waals surface area contributed by atoms with Gasteiger partial charge in [0.15, 0.2) is 0 Å². The van der Waals surface area contributed by atoms with E-state index in [4.69, 9.17) is 4.74 Å². The van der Waals surface area contributed by atoms with Crippen LogP contribution in [0.25, 0.3) is 0 Å². The molecule has 1 aliphatic carbocycles. The largest absolute Gasteiger partial charge is 0.390 e. The average Bonchev–Trinajstić information content (AvgIpc) is 2.40. The van der Waals surface area contributed by atoms with Crippen LogP contribution in [0.5, 0.6) is 0 Å². The van der Waals surface area contributed by atoms with E-state index in [1.165, 1.54) is 11.1 Å². The third kappa shape index (κ3) is 3.21. The van der Waals surface area contributed by atoms with Crippen molar-refractivity contribution in [3.63, 3.8) is 0 Å². The SMILES string of the molecule is OC1(CC2CCOCC2)CCc2cc(Br)ccc2C1. The normalized spacial score (nSPS) is 28.1. The summed E-state index contributed by atoms with van der Waals surface area (Å²) in [5.74, 6) is 0.635. The summed E-state index contributed by atoms with van der Waals surface area (Å²) in [5.41, 5.74) is 2.22. The Morgan fingerprint density at radius 1 is 1.26 bits per heavy atom. The van der Waals surface area contributed by atoms with Gasteiger partial charge in [-0.1, -0.05) is 22.0 Å². The molecule has 0 radical (unpaired) electrons. The molecule has 1 aromatic rings. The van der Waals surface area contributed by atoms with Gasteiger partial charge < -0.3 is 9.84 Å². The highest BCUT2D eigenvalue weighted by atomic mass is 79.9. The summed E-state index contributed by atoms with van der Waals surface area (Å²) in [7, 11) is 0. The van der Waals surface area contributed by atoms with E-state index in [1.54, 1.807) is 0 Å². The van der Waals surface area contributed by atoms with Gasteiger partial charge in [0.1, 0.15) is 0 Å². The molecule has 1 heterocycles. The number of hydrogen-bond donors (Lipinski definition) is 1. The predicted octanol–water partition coefficient (Wildman–Crippen LogP) is 3.49. The maximum absolute atomic E-state index is 10.9. The fraction of sp³-hybridized carbons (Fsp3) is 0.625. The number of aliphatic hydroxyl groups is 1. The first-order valence-corrected chi connectivity index (χ1v) is 8.01. The summed E-state index contributed by atoms with van der Waals surface area (Å²) >= 11 is 3.52. The van der Waals surface area contributed by atoms with Crippen molar-refractivity contribution in [3.05, 3.63) is 33.8 Å². The van der Waals surface area contributed by atoms with Crippen LogP contribution in [0, 0.1) is 5.92 Å². The number of hydrogen-bond acceptors (Lipinski definition) is 2. The lowest BCUT2D eigenvalue weighted by molar-refractivity contribution is -0.0207. The summed E-state index contributed by atoms with van der Waals surface area (Å²) in [6.07, 6.45) is 5.85. The summed E-state index contributed by atoms with van der Waals surface area (Å²) in [6, 6.07) is 6.44. The van der Waals surface area contributed by atoms with Crippen LogP contribution in [0.4, 0.5) is 0 Å². The minimum absolute atomic E-state index is 0.497. The van der Waals surface area contributed by atoms with Crippen LogP contribution >= 0.6 is 15.9 Å². The molecular formula is C16H21BrO2. The number of ether oxygens (including phenoxy) is 1. The molecule has 0 saturated carbocycles. The highest BCUT2D eigenvalue weighted by Gasteiger charge is 2.34. The molecule has 1 N–H and O–H groups in total. The Labute approximate surface area is 123 Å². The zero-order chi connectivity index (χ0) is 13.3. The van der Waals surface area contributed by atoms with E-state index in [0.717, 1.165) is 56.2 Å². The van der Waals surface area contributed by atoms with Crippen LogP contribution in [-0.2, 0) is 17.6 Å². The van der Waals surface area contributed by atoms with E-state index < -0.39 is 5.60 Å². The standard InChI is InChI=1S/C16H21BrO2/c17-15-2-1-14-11-16(18,6-3-13(14)9-15)10-12-4-7-19-8-5-12/h1-2,9,12,18H,3-8,10-11H2. The van der Waals surface area contributed by atoms with E-state index in [0.29, 0.717) is 5.92 Å². The molecule has 2 nitrogen and oxygen atoms in total. The van der Waals surface area contributed by atoms with Gasteiger partial charge in [-0.05, 0) is 61.3 Å². The number of benzene rings is 1. The molecule has 1 saturated heterocycles. The van der Waals surface area contributed by atoms with E-state index in [-0.39, 0.29) is 0 Å². The third-order valence-electron chi connectivity index (χ3n) is 4.56. The van der Waals surface area contributed by atoms with Gasteiger partial charge in [0.25, 0.3) is 0 Å². The van der Waals surface area contributed by atoms with Crippen molar-refractivity contribution in [1.29, 1.82) is 0 Å². The monoisotopic (exact) mass is 324 g/mol. The molecule has 0 aromatic heterocycles. The van der Waals surface area contributed by atoms with Crippen molar-refractivity contribution in [2.45, 2.75) is 44.1 Å². The Morgan fingerprint density at radius 2 is 2.05 bits per heavy atom. The van der Waals surface area contributed by atoms with Crippen LogP contribution < -0.4 is 0 Å². The maximum atomic E-state index is 10.9. The van der Waals surface area contributed by atoms with Gasteiger partial charge in [0.05, 0.1) is 5.60 Å². The molecule has 3 rings (SSSR count). The summed E-state index contributed by atoms with van der Waals surface area (Å²) in [5, 5.41) is 10.9. The average molecular weight is 325 g/mol. The molecule has 2 aliphatic rings. The fourth-order valence-electron chi connectivity index (χ4n) is 3.47. The second-order valence-electron chi connectivity index (χ2n) is 6.07. The van der Waals surface area contributed by atoms with Crippen LogP contribution in [0.2, 0.25) is 0 Å². The first kappa shape index (κ1) is 13.6. The Morgan fingerprint density at radius 3 is 2.84 bits per heavy atom. The quantitative estimate of drug-likeness (QED) is 0.902. The minimum Gasteiger partial charge on any atom is -0.390 e. The van der Waals surface area contributed by atoms with Crippen molar-refractivity contribution in [3.8, 4) is 0 Å². The first-order chi connectivity index (χ1) is 9.15. The maximum Gasteiger partial charge on any atom is 0.0693 e. The van der Waals surface area contributed by atoms with Crippen molar-refractivity contribution < 1.29 is 9.84 Å². The van der Waals surface area contributed by atoms with Gasteiger partial charge in [0.2, 0.25) is 0 Å². The molecule has 0 amide bonds. The molecule has 0 bridgehead atoms. The molecule has 0 spiro atoms. The molecule has 1 fully saturated rings. The minimum atomic E-state index is -0.497. The van der Waals surface area contributed by atoms with Gasteiger partial charge in [-0.2, -0.15) is 0 Å². The predicted molar refractivity (Wildman–Crippen MR) is 79.3 cm³/mol. The summed E-state index contributed by atoms with van der Waals surface area (Å²) < 4.78 is 6.54. The summed E-state index contributed by atoms with van der Waals surface area (Å²) in [6.45, 7) is 1.73. The third-order valence-corrected chi connectivity index (χ3v) is 5.05. The number of aryl methyl sites for hydroxylation is 1. The second kappa shape index (κ2) is 5.55. The van der Waals surface area contributed by atoms with E-state index in [2.05, 4.69) is 34.1 Å². The van der Waals surface area contributed by atoms with Gasteiger partial charge in [0, 0.05) is 24.1 Å². The Kier molecular flexibility index (Phi) is 3.97. The van der Waals surface area contributed by atoms with Crippen LogP contribution in [0.15, 0.2) is 22.7 Å². The van der Waals surface area contributed by atoms with Crippen LogP contribution in [0.1, 0.15) is 36.8 Å². The lowest BCUT2D eigenvalue weighted by Gasteiger charge is -2.37. The zero-order valence-corrected chi connectivity index (χ0v) is 12.8. The topological polar surface area (TPSA) is 29.5 Å². The van der Waals surface area contributed by atoms with Crippen LogP contribution in [0.3, 0.4) is 0 Å². The van der Waals surface area contributed by atoms with Gasteiger partial charge in [-0.3, -0.25) is 0 Å². The van der Waals surface area contributed by atoms with Gasteiger partial charge >= 0.3 is 0 Å². The van der Waals surface area contributed by atoms with Crippen molar-refractivity contribution in [2.75, 3.05) is 13.2 Å². The number of fused-ring (bicyclic) bond motifs is 1. The Balaban J connectivity index is 1.70. The zero-order valence-electron chi connectivity index (χ0n) is 11.2. The molecular weight excluding hydrogens is 304 g/mol. The van der Waals surface area contributed by atoms with Gasteiger partial charge in [-0.25, -0.2) is 0 Å². The Hall–Kier alpha value is -0.380. The summed E-state index contributed by atoms with van der Waals surface area (Å²) in [4.78, 5) is 0. The van der Waals surface area contributed by atoms with Crippen LogP contribution in [-0.4, -0.2) is 23.9 Å². The second-order valence-corrected chi connectivity index (χ2v) is 6.99. The van der Waals surface area contributed by atoms with Crippen molar-refractivity contribution in [1.82, 2.24) is 0 Å². The van der Waals surface area contributed by atoms with Crippen molar-refractivity contribution >= 4 is 15.9 Å². The van der Waals surface area contributed by atoms with Gasteiger partial charge in [-0.15, -0.1) is 0 Å². The number of halogens is 1.